The summed E-state index contributed by atoms with van der Waals surface area (Å²) in [7, 11) is 0. The van der Waals surface area contributed by atoms with Crippen LogP contribution in [0.25, 0.3) is 11.4 Å². The van der Waals surface area contributed by atoms with Gasteiger partial charge in [-0.05, 0) is 44.0 Å². The highest BCUT2D eigenvalue weighted by molar-refractivity contribution is 7.99. The van der Waals surface area contributed by atoms with E-state index in [1.807, 2.05) is 23.6 Å². The number of nitrogens with one attached hydrogen (secondary N) is 1. The summed E-state index contributed by atoms with van der Waals surface area (Å²) in [5, 5.41) is 23.0. The van der Waals surface area contributed by atoms with Crippen molar-refractivity contribution in [2.24, 2.45) is 0 Å². The van der Waals surface area contributed by atoms with Crippen molar-refractivity contribution in [1.29, 1.82) is 0 Å². The predicted octanol–water partition coefficient (Wildman–Crippen LogP) is 3.71. The molecule has 0 saturated heterocycles. The molecule has 3 aromatic rings. The van der Waals surface area contributed by atoms with Gasteiger partial charge in [0.1, 0.15) is 5.69 Å². The summed E-state index contributed by atoms with van der Waals surface area (Å²) in [6, 6.07) is 8.37. The van der Waals surface area contributed by atoms with E-state index in [-0.39, 0.29) is 23.0 Å². The van der Waals surface area contributed by atoms with Gasteiger partial charge in [-0.15, -0.1) is 10.2 Å². The Balaban J connectivity index is 1.72. The Labute approximate surface area is 189 Å². The molecule has 0 aliphatic rings. The quantitative estimate of drug-likeness (QED) is 0.200. The maximum absolute atomic E-state index is 12.5. The zero-order valence-electron chi connectivity index (χ0n) is 17.9. The summed E-state index contributed by atoms with van der Waals surface area (Å²) < 4.78 is 7.38. The Kier molecular flexibility index (Phi) is 8.28. The van der Waals surface area contributed by atoms with E-state index in [2.05, 4.69) is 20.5 Å². The first-order valence-corrected chi connectivity index (χ1v) is 11.1. The number of anilines is 1. The molecule has 0 spiro atoms. The molecule has 11 heteroatoms. The van der Waals surface area contributed by atoms with Crippen LogP contribution >= 0.6 is 11.8 Å². The van der Waals surface area contributed by atoms with Crippen molar-refractivity contribution in [3.8, 4) is 11.4 Å². The fraction of sp³-hybridized carbons (Fsp3) is 0.333. The molecule has 0 aliphatic carbocycles. The smallest absolute Gasteiger partial charge is 0.293 e. The number of carbonyl (C=O) groups excluding carboxylic acids is 1. The number of nitrogens with zero attached hydrogens (tertiary/aromatic N) is 5. The average molecular weight is 457 g/mol. The van der Waals surface area contributed by atoms with Crippen LogP contribution in [0.5, 0.6) is 0 Å². The van der Waals surface area contributed by atoms with Gasteiger partial charge in [0.25, 0.3) is 5.69 Å². The lowest BCUT2D eigenvalue weighted by atomic mass is 10.2. The number of benzene rings is 1. The van der Waals surface area contributed by atoms with Crippen LogP contribution in [-0.2, 0) is 16.1 Å². The van der Waals surface area contributed by atoms with Crippen LogP contribution in [0.1, 0.15) is 18.9 Å². The van der Waals surface area contributed by atoms with E-state index in [1.54, 1.807) is 25.4 Å². The lowest BCUT2D eigenvalue weighted by molar-refractivity contribution is -0.384. The van der Waals surface area contributed by atoms with Crippen LogP contribution < -0.4 is 5.32 Å². The van der Waals surface area contributed by atoms with Gasteiger partial charge in [-0.25, -0.2) is 0 Å². The van der Waals surface area contributed by atoms with Crippen molar-refractivity contribution in [3.05, 3.63) is 58.4 Å². The third-order valence-electron chi connectivity index (χ3n) is 4.49. The van der Waals surface area contributed by atoms with E-state index >= 15 is 0 Å². The number of hydrogen-bond donors (Lipinski definition) is 1. The molecular formula is C21H24N6O4S. The summed E-state index contributed by atoms with van der Waals surface area (Å²) in [4.78, 5) is 27.3. The van der Waals surface area contributed by atoms with Crippen molar-refractivity contribution in [1.82, 2.24) is 19.7 Å². The first-order chi connectivity index (χ1) is 15.5. The molecule has 2 heterocycles. The second-order valence-electron chi connectivity index (χ2n) is 6.86. The Morgan fingerprint density at radius 2 is 2.03 bits per heavy atom. The molecule has 3 rings (SSSR count). The fourth-order valence-electron chi connectivity index (χ4n) is 3.00. The summed E-state index contributed by atoms with van der Waals surface area (Å²) in [6.45, 7) is 5.57. The van der Waals surface area contributed by atoms with E-state index in [0.717, 1.165) is 17.5 Å². The summed E-state index contributed by atoms with van der Waals surface area (Å²) in [5.41, 5.74) is 1.65. The standard InChI is InChI=1S/C21H24N6O4S/c1-3-31-12-4-11-26-20(16-7-9-22-10-8-16)24-25-21(26)32-14-19(28)23-17-6-5-15(2)13-18(17)27(29)30/h5-10,13H,3-4,11-12,14H2,1-2H3,(H,23,28). The summed E-state index contributed by atoms with van der Waals surface area (Å²) in [6.07, 6.45) is 4.13. The van der Waals surface area contributed by atoms with Crippen molar-refractivity contribution < 1.29 is 14.5 Å². The molecular weight excluding hydrogens is 432 g/mol. The SMILES string of the molecule is CCOCCCn1c(SCC(=O)Nc2ccc(C)cc2[N+](=O)[O-])nnc1-c1ccncc1. The van der Waals surface area contributed by atoms with Gasteiger partial charge in [0.05, 0.1) is 10.7 Å². The Bertz CT molecular complexity index is 1070. The predicted molar refractivity (Wildman–Crippen MR) is 122 cm³/mol. The van der Waals surface area contributed by atoms with Crippen LogP contribution in [0.3, 0.4) is 0 Å². The maximum Gasteiger partial charge on any atom is 0.293 e. The molecule has 1 N–H and O–H groups in total. The van der Waals surface area contributed by atoms with E-state index in [0.29, 0.717) is 30.7 Å². The normalized spacial score (nSPS) is 10.8. The highest BCUT2D eigenvalue weighted by atomic mass is 32.2. The fourth-order valence-corrected chi connectivity index (χ4v) is 3.76. The number of thioether (sulfide) groups is 1. The minimum absolute atomic E-state index is 0.0327. The first kappa shape index (κ1) is 23.4. The molecule has 0 atom stereocenters. The lowest BCUT2D eigenvalue weighted by Crippen LogP contribution is -2.16. The van der Waals surface area contributed by atoms with Gasteiger partial charge in [0.2, 0.25) is 5.91 Å². The second-order valence-corrected chi connectivity index (χ2v) is 7.80. The molecule has 0 aliphatic heterocycles. The third-order valence-corrected chi connectivity index (χ3v) is 5.45. The van der Waals surface area contributed by atoms with Crippen molar-refractivity contribution in [2.45, 2.75) is 32.0 Å². The van der Waals surface area contributed by atoms with E-state index in [1.165, 1.54) is 23.9 Å². The monoisotopic (exact) mass is 456 g/mol. The summed E-state index contributed by atoms with van der Waals surface area (Å²) >= 11 is 1.22. The number of aryl methyl sites for hydroxylation is 1. The van der Waals surface area contributed by atoms with Gasteiger partial charge in [-0.3, -0.25) is 19.9 Å². The number of hydrogen-bond acceptors (Lipinski definition) is 8. The van der Waals surface area contributed by atoms with Gasteiger partial charge in [-0.1, -0.05) is 17.8 Å². The number of ether oxygens (including phenoxy) is 1. The van der Waals surface area contributed by atoms with E-state index < -0.39 is 4.92 Å². The first-order valence-electron chi connectivity index (χ1n) is 10.1. The molecule has 10 nitrogen and oxygen atoms in total. The Hall–Kier alpha value is -3.31. The van der Waals surface area contributed by atoms with Gasteiger partial charge in [-0.2, -0.15) is 0 Å². The third kappa shape index (κ3) is 6.11. The lowest BCUT2D eigenvalue weighted by Gasteiger charge is -2.10. The second kappa shape index (κ2) is 11.3. The molecule has 1 amide bonds. The minimum Gasteiger partial charge on any atom is -0.382 e. The molecule has 2 aromatic heterocycles. The number of nitro benzene ring substituents is 1. The number of carbonyl (C=O) groups is 1. The highest BCUT2D eigenvalue weighted by Gasteiger charge is 2.18. The van der Waals surface area contributed by atoms with Gasteiger partial charge in [0, 0.05) is 43.8 Å². The molecule has 0 radical (unpaired) electrons. The van der Waals surface area contributed by atoms with Gasteiger partial charge in [0.15, 0.2) is 11.0 Å². The molecule has 1 aromatic carbocycles. The Morgan fingerprint density at radius 3 is 2.75 bits per heavy atom. The van der Waals surface area contributed by atoms with Gasteiger partial charge >= 0.3 is 0 Å². The molecule has 0 unspecified atom stereocenters. The van der Waals surface area contributed by atoms with Crippen molar-refractivity contribution in [2.75, 3.05) is 24.3 Å². The number of nitro groups is 1. The number of amides is 1. The molecule has 0 fully saturated rings. The largest absolute Gasteiger partial charge is 0.382 e. The molecule has 168 valence electrons. The van der Waals surface area contributed by atoms with Crippen LogP contribution in [0, 0.1) is 17.0 Å². The van der Waals surface area contributed by atoms with Crippen LogP contribution in [0.15, 0.2) is 47.9 Å². The maximum atomic E-state index is 12.5. The zero-order valence-corrected chi connectivity index (χ0v) is 18.7. The van der Waals surface area contributed by atoms with Gasteiger partial charge < -0.3 is 14.6 Å². The zero-order chi connectivity index (χ0) is 22.9. The summed E-state index contributed by atoms with van der Waals surface area (Å²) in [5.74, 6) is 0.350. The van der Waals surface area contributed by atoms with Crippen molar-refractivity contribution in [3.63, 3.8) is 0 Å². The minimum atomic E-state index is -0.508. The topological polar surface area (TPSA) is 125 Å². The number of pyridine rings is 1. The molecule has 32 heavy (non-hydrogen) atoms. The van der Waals surface area contributed by atoms with Crippen LogP contribution in [-0.4, -0.2) is 49.5 Å². The highest BCUT2D eigenvalue weighted by Crippen LogP contribution is 2.27. The molecule has 0 saturated carbocycles. The Morgan fingerprint density at radius 1 is 1.25 bits per heavy atom. The van der Waals surface area contributed by atoms with E-state index in [9.17, 15) is 14.9 Å². The van der Waals surface area contributed by atoms with Crippen LogP contribution in [0.2, 0.25) is 0 Å². The van der Waals surface area contributed by atoms with Crippen molar-refractivity contribution >= 4 is 29.0 Å². The number of rotatable bonds is 11. The molecule has 0 bridgehead atoms. The van der Waals surface area contributed by atoms with Crippen LogP contribution in [0.4, 0.5) is 11.4 Å². The number of aromatic nitrogens is 4. The van der Waals surface area contributed by atoms with E-state index in [4.69, 9.17) is 4.74 Å². The average Bonchev–Trinajstić information content (AvgIpc) is 3.19.